The van der Waals surface area contributed by atoms with Gasteiger partial charge in [0.25, 0.3) is 0 Å². The van der Waals surface area contributed by atoms with Gasteiger partial charge < -0.3 is 9.47 Å². The lowest BCUT2D eigenvalue weighted by molar-refractivity contribution is -0.0298. The number of halogens is 2. The van der Waals surface area contributed by atoms with Crippen LogP contribution in [0.15, 0.2) is 18.2 Å². The smallest absolute Gasteiger partial charge is 0.194 e. The fraction of sp³-hybridized carbons (Fsp3) is 0.500. The Kier molecular flexibility index (Phi) is 6.05. The third kappa shape index (κ3) is 4.69. The molecule has 0 aliphatic carbocycles. The van der Waals surface area contributed by atoms with Crippen molar-refractivity contribution in [3.8, 4) is 0 Å². The van der Waals surface area contributed by atoms with Gasteiger partial charge in [-0.15, -0.1) is 0 Å². The molecule has 106 valence electrons. The molecule has 0 radical (unpaired) electrons. The molecule has 0 N–H and O–H groups in total. The molecule has 2 atom stereocenters. The Hall–Kier alpha value is -1.33. The molecular formula is C14H18F2O3. The van der Waals surface area contributed by atoms with E-state index in [1.165, 1.54) is 6.92 Å². The Morgan fingerprint density at radius 3 is 2.58 bits per heavy atom. The molecule has 2 unspecified atom stereocenters. The molecule has 0 bridgehead atoms. The molecule has 0 aromatic heterocycles. The van der Waals surface area contributed by atoms with E-state index in [9.17, 15) is 13.6 Å². The summed E-state index contributed by atoms with van der Waals surface area (Å²) in [6.45, 7) is 6.08. The first kappa shape index (κ1) is 15.7. The Bertz CT molecular complexity index is 435. The van der Waals surface area contributed by atoms with Crippen LogP contribution in [0.1, 0.15) is 31.1 Å². The van der Waals surface area contributed by atoms with Crippen LogP contribution in [0.3, 0.4) is 0 Å². The lowest BCUT2D eigenvalue weighted by Crippen LogP contribution is -2.28. The number of hydrogen-bond donors (Lipinski definition) is 0. The first-order valence-corrected chi connectivity index (χ1v) is 6.18. The van der Waals surface area contributed by atoms with Gasteiger partial charge in [-0.3, -0.25) is 4.79 Å². The highest BCUT2D eigenvalue weighted by atomic mass is 19.1. The summed E-state index contributed by atoms with van der Waals surface area (Å²) >= 11 is 0. The van der Waals surface area contributed by atoms with Gasteiger partial charge in [0, 0.05) is 12.7 Å². The van der Waals surface area contributed by atoms with E-state index in [4.69, 9.17) is 9.47 Å². The van der Waals surface area contributed by atoms with Crippen LogP contribution >= 0.6 is 0 Å². The highest BCUT2D eigenvalue weighted by Crippen LogP contribution is 2.14. The highest BCUT2D eigenvalue weighted by molar-refractivity contribution is 5.99. The maximum absolute atomic E-state index is 13.5. The van der Waals surface area contributed by atoms with Gasteiger partial charge in [-0.05, 0) is 32.9 Å². The van der Waals surface area contributed by atoms with Crippen molar-refractivity contribution in [2.24, 2.45) is 0 Å². The second kappa shape index (κ2) is 7.31. The van der Waals surface area contributed by atoms with Crippen molar-refractivity contribution in [2.75, 3.05) is 13.2 Å². The molecule has 0 heterocycles. The Balaban J connectivity index is 2.66. The molecule has 1 aromatic rings. The molecule has 0 amide bonds. The topological polar surface area (TPSA) is 35.5 Å². The first-order chi connectivity index (χ1) is 8.95. The van der Waals surface area contributed by atoms with E-state index in [-0.39, 0.29) is 11.7 Å². The molecule has 0 fully saturated rings. The number of carbonyl (C=O) groups is 1. The predicted molar refractivity (Wildman–Crippen MR) is 67.2 cm³/mol. The summed E-state index contributed by atoms with van der Waals surface area (Å²) < 4.78 is 36.8. The van der Waals surface area contributed by atoms with Crippen molar-refractivity contribution in [2.45, 2.75) is 33.0 Å². The Labute approximate surface area is 111 Å². The van der Waals surface area contributed by atoms with Crippen LogP contribution in [0.2, 0.25) is 0 Å². The molecule has 0 saturated heterocycles. The summed E-state index contributed by atoms with van der Waals surface area (Å²) in [5, 5.41) is 0. The summed E-state index contributed by atoms with van der Waals surface area (Å²) in [5.74, 6) is -2.11. The Morgan fingerprint density at radius 1 is 1.32 bits per heavy atom. The number of rotatable bonds is 7. The number of ether oxygens (including phenoxy) is 2. The fourth-order valence-electron chi connectivity index (χ4n) is 1.64. The maximum Gasteiger partial charge on any atom is 0.194 e. The normalized spacial score (nSPS) is 14.2. The Morgan fingerprint density at radius 2 is 2.00 bits per heavy atom. The SMILES string of the molecule is CCOCC(C)OC(C)C(=O)c1ccc(F)cc1F. The molecule has 0 aliphatic heterocycles. The molecular weight excluding hydrogens is 254 g/mol. The van der Waals surface area contributed by atoms with Gasteiger partial charge in [0.2, 0.25) is 0 Å². The van der Waals surface area contributed by atoms with Gasteiger partial charge in [0.1, 0.15) is 17.7 Å². The summed E-state index contributed by atoms with van der Waals surface area (Å²) in [5.41, 5.74) is -0.169. The van der Waals surface area contributed by atoms with Crippen molar-refractivity contribution >= 4 is 5.78 Å². The van der Waals surface area contributed by atoms with Crippen LogP contribution in [0.5, 0.6) is 0 Å². The second-order valence-corrected chi connectivity index (χ2v) is 4.24. The molecule has 0 spiro atoms. The van der Waals surface area contributed by atoms with Crippen LogP contribution in [0.4, 0.5) is 8.78 Å². The van der Waals surface area contributed by atoms with Gasteiger partial charge >= 0.3 is 0 Å². The zero-order valence-corrected chi connectivity index (χ0v) is 11.3. The van der Waals surface area contributed by atoms with Crippen molar-refractivity contribution < 1.29 is 23.0 Å². The predicted octanol–water partition coefficient (Wildman–Crippen LogP) is 2.98. The van der Waals surface area contributed by atoms with Crippen molar-refractivity contribution in [3.63, 3.8) is 0 Å². The summed E-state index contributed by atoms with van der Waals surface area (Å²) in [6.07, 6.45) is -1.09. The lowest BCUT2D eigenvalue weighted by atomic mass is 10.1. The number of Topliss-reactive ketones (excluding diaryl/α,β-unsaturated/α-hetero) is 1. The zero-order chi connectivity index (χ0) is 14.4. The van der Waals surface area contributed by atoms with Gasteiger partial charge in [0.15, 0.2) is 5.78 Å². The van der Waals surface area contributed by atoms with Crippen molar-refractivity contribution in [1.29, 1.82) is 0 Å². The molecule has 1 rings (SSSR count). The number of benzene rings is 1. The molecule has 3 nitrogen and oxygen atoms in total. The molecule has 0 aliphatic rings. The minimum absolute atomic E-state index is 0.169. The number of ketones is 1. The van der Waals surface area contributed by atoms with Crippen LogP contribution < -0.4 is 0 Å². The highest BCUT2D eigenvalue weighted by Gasteiger charge is 2.21. The van der Waals surface area contributed by atoms with E-state index < -0.39 is 23.5 Å². The average molecular weight is 272 g/mol. The minimum Gasteiger partial charge on any atom is -0.379 e. The zero-order valence-electron chi connectivity index (χ0n) is 11.3. The maximum atomic E-state index is 13.5. The number of carbonyl (C=O) groups excluding carboxylic acids is 1. The van der Waals surface area contributed by atoms with Crippen LogP contribution in [0, 0.1) is 11.6 Å². The lowest BCUT2D eigenvalue weighted by Gasteiger charge is -2.18. The fourth-order valence-corrected chi connectivity index (χ4v) is 1.64. The second-order valence-electron chi connectivity index (χ2n) is 4.24. The van der Waals surface area contributed by atoms with E-state index in [0.717, 1.165) is 12.1 Å². The monoisotopic (exact) mass is 272 g/mol. The number of hydrogen-bond acceptors (Lipinski definition) is 3. The standard InChI is InChI=1S/C14H18F2O3/c1-4-18-8-9(2)19-10(3)14(17)12-6-5-11(15)7-13(12)16/h5-7,9-10H,4,8H2,1-3H3. The summed E-state index contributed by atoms with van der Waals surface area (Å²) in [6, 6.07) is 2.86. The van der Waals surface area contributed by atoms with E-state index in [2.05, 4.69) is 0 Å². The molecule has 5 heteroatoms. The summed E-state index contributed by atoms with van der Waals surface area (Å²) in [4.78, 5) is 12.0. The van der Waals surface area contributed by atoms with Crippen LogP contribution in [0.25, 0.3) is 0 Å². The van der Waals surface area contributed by atoms with E-state index in [1.54, 1.807) is 6.92 Å². The molecule has 1 aromatic carbocycles. The first-order valence-electron chi connectivity index (χ1n) is 6.18. The summed E-state index contributed by atoms with van der Waals surface area (Å²) in [7, 11) is 0. The third-order valence-electron chi connectivity index (χ3n) is 2.56. The van der Waals surface area contributed by atoms with Crippen LogP contribution in [-0.4, -0.2) is 31.2 Å². The van der Waals surface area contributed by atoms with Gasteiger partial charge in [-0.25, -0.2) is 8.78 Å². The van der Waals surface area contributed by atoms with Crippen molar-refractivity contribution in [1.82, 2.24) is 0 Å². The van der Waals surface area contributed by atoms with Gasteiger partial charge in [0.05, 0.1) is 18.3 Å². The largest absolute Gasteiger partial charge is 0.379 e. The molecule has 19 heavy (non-hydrogen) atoms. The molecule has 0 saturated carbocycles. The van der Waals surface area contributed by atoms with Crippen molar-refractivity contribution in [3.05, 3.63) is 35.4 Å². The average Bonchev–Trinajstić information content (AvgIpc) is 2.35. The van der Waals surface area contributed by atoms with E-state index >= 15 is 0 Å². The van der Waals surface area contributed by atoms with Gasteiger partial charge in [-0.1, -0.05) is 0 Å². The quantitative estimate of drug-likeness (QED) is 0.716. The van der Waals surface area contributed by atoms with Crippen LogP contribution in [-0.2, 0) is 9.47 Å². The minimum atomic E-state index is -0.877. The van der Waals surface area contributed by atoms with Gasteiger partial charge in [-0.2, -0.15) is 0 Å². The van der Waals surface area contributed by atoms with E-state index in [0.29, 0.717) is 19.3 Å². The van der Waals surface area contributed by atoms with E-state index in [1.807, 2.05) is 6.92 Å². The third-order valence-corrected chi connectivity index (χ3v) is 2.56.